The van der Waals surface area contributed by atoms with Crippen LogP contribution in [0.3, 0.4) is 0 Å². The van der Waals surface area contributed by atoms with Crippen molar-refractivity contribution in [2.24, 2.45) is 0 Å². The zero-order valence-electron chi connectivity index (χ0n) is 11.3. The van der Waals surface area contributed by atoms with Crippen LogP contribution in [0.1, 0.15) is 40.0 Å². The first-order valence-electron chi connectivity index (χ1n) is 6.15. The van der Waals surface area contributed by atoms with Gasteiger partial charge in [0.05, 0.1) is 0 Å². The molecule has 94 valence electrons. The quantitative estimate of drug-likeness (QED) is 0.550. The van der Waals surface area contributed by atoms with Crippen molar-refractivity contribution < 1.29 is 9.53 Å². The van der Waals surface area contributed by atoms with E-state index in [4.69, 9.17) is 4.43 Å². The summed E-state index contributed by atoms with van der Waals surface area (Å²) in [6, 6.07) is 0. The highest BCUT2D eigenvalue weighted by Gasteiger charge is 2.39. The summed E-state index contributed by atoms with van der Waals surface area (Å²) < 4.78 is 6.26. The lowest BCUT2D eigenvalue weighted by atomic mass is 9.91. The zero-order chi connectivity index (χ0) is 12.6. The predicted octanol–water partition coefficient (Wildman–Crippen LogP) is 2.85. The zero-order valence-corrected chi connectivity index (χ0v) is 12.3. The highest BCUT2D eigenvalue weighted by Crippen LogP contribution is 2.39. The van der Waals surface area contributed by atoms with Gasteiger partial charge in [0.2, 0.25) is 0 Å². The molecule has 16 heavy (non-hydrogen) atoms. The standard InChI is InChI=1S/C13H25O2Si/c1-10-7-8-11(9-12(10)14)15-16(5,6)13(2,3)4/h11-12H,1,7-9H2,2-6H3/q-1/t11?,12-/m0/s1. The number of hydrogen-bond acceptors (Lipinski definition) is 2. The Kier molecular flexibility index (Phi) is 4.03. The average Bonchev–Trinajstić information content (AvgIpc) is 2.09. The van der Waals surface area contributed by atoms with E-state index in [1.165, 1.54) is 0 Å². The highest BCUT2D eigenvalue weighted by atomic mass is 28.4. The van der Waals surface area contributed by atoms with Crippen molar-refractivity contribution in [1.29, 1.82) is 0 Å². The predicted molar refractivity (Wildman–Crippen MR) is 68.8 cm³/mol. The van der Waals surface area contributed by atoms with Gasteiger partial charge in [-0.15, -0.1) is 12.7 Å². The van der Waals surface area contributed by atoms with Gasteiger partial charge in [-0.3, -0.25) is 0 Å². The second-order valence-corrected chi connectivity index (χ2v) is 11.2. The lowest BCUT2D eigenvalue weighted by Gasteiger charge is -2.43. The maximum absolute atomic E-state index is 11.7. The van der Waals surface area contributed by atoms with Crippen molar-refractivity contribution in [2.45, 2.75) is 70.4 Å². The van der Waals surface area contributed by atoms with Crippen LogP contribution in [0.4, 0.5) is 0 Å². The lowest BCUT2D eigenvalue weighted by molar-refractivity contribution is -0.413. The van der Waals surface area contributed by atoms with Crippen LogP contribution in [0.2, 0.25) is 18.1 Å². The van der Waals surface area contributed by atoms with Crippen LogP contribution in [0.25, 0.3) is 0 Å². The van der Waals surface area contributed by atoms with Crippen molar-refractivity contribution in [2.75, 3.05) is 0 Å². The van der Waals surface area contributed by atoms with E-state index in [0.29, 0.717) is 6.42 Å². The molecule has 0 radical (unpaired) electrons. The molecule has 2 nitrogen and oxygen atoms in total. The Morgan fingerprint density at radius 3 is 2.38 bits per heavy atom. The van der Waals surface area contributed by atoms with Gasteiger partial charge in [-0.1, -0.05) is 26.3 Å². The maximum atomic E-state index is 11.7. The van der Waals surface area contributed by atoms with Gasteiger partial charge in [-0.25, -0.2) is 0 Å². The minimum absolute atomic E-state index is 0.161. The summed E-state index contributed by atoms with van der Waals surface area (Å²) in [6.45, 7) is 15.0. The van der Waals surface area contributed by atoms with Crippen LogP contribution in [0, 0.1) is 0 Å². The van der Waals surface area contributed by atoms with Gasteiger partial charge in [-0.05, 0) is 37.4 Å². The van der Waals surface area contributed by atoms with Gasteiger partial charge >= 0.3 is 0 Å². The molecular formula is C13H25O2Si-. The van der Waals surface area contributed by atoms with Crippen molar-refractivity contribution in [3.63, 3.8) is 0 Å². The third-order valence-corrected chi connectivity index (χ3v) is 8.52. The SMILES string of the molecule is C=C1CCC(O[Si](C)(C)C(C)(C)C)C[C@@H]1[O-]. The Labute approximate surface area is 101 Å². The van der Waals surface area contributed by atoms with Gasteiger partial charge in [0.25, 0.3) is 0 Å². The van der Waals surface area contributed by atoms with Crippen molar-refractivity contribution in [3.05, 3.63) is 12.2 Å². The summed E-state index contributed by atoms with van der Waals surface area (Å²) in [5.74, 6) is 0. The molecule has 0 saturated heterocycles. The summed E-state index contributed by atoms with van der Waals surface area (Å²) in [4.78, 5) is 0. The Bertz CT molecular complexity index is 266. The minimum atomic E-state index is -1.71. The molecule has 1 rings (SSSR count). The molecular weight excluding hydrogens is 216 g/mol. The summed E-state index contributed by atoms with van der Waals surface area (Å²) in [5.41, 5.74) is 0.857. The van der Waals surface area contributed by atoms with E-state index in [9.17, 15) is 5.11 Å². The van der Waals surface area contributed by atoms with Crippen LogP contribution in [0.15, 0.2) is 12.2 Å². The molecule has 1 aliphatic rings. The van der Waals surface area contributed by atoms with Gasteiger partial charge in [0, 0.05) is 6.10 Å². The van der Waals surface area contributed by atoms with Gasteiger partial charge in [-0.2, -0.15) is 0 Å². The van der Waals surface area contributed by atoms with Crippen LogP contribution < -0.4 is 5.11 Å². The molecule has 1 unspecified atom stereocenters. The van der Waals surface area contributed by atoms with Crippen molar-refractivity contribution >= 4 is 8.32 Å². The maximum Gasteiger partial charge on any atom is 0.192 e. The minimum Gasteiger partial charge on any atom is -0.849 e. The molecule has 0 bridgehead atoms. The summed E-state index contributed by atoms with van der Waals surface area (Å²) >= 11 is 0. The molecule has 3 heteroatoms. The van der Waals surface area contributed by atoms with Gasteiger partial charge in [0.1, 0.15) is 0 Å². The molecule has 0 aromatic rings. The van der Waals surface area contributed by atoms with E-state index in [1.54, 1.807) is 0 Å². The van der Waals surface area contributed by atoms with E-state index in [1.807, 2.05) is 0 Å². The molecule has 1 aliphatic carbocycles. The normalized spacial score (nSPS) is 28.2. The molecule has 1 fully saturated rings. The molecule has 0 heterocycles. The summed E-state index contributed by atoms with van der Waals surface area (Å²) in [7, 11) is -1.71. The second-order valence-electron chi connectivity index (χ2n) is 6.42. The lowest BCUT2D eigenvalue weighted by Crippen LogP contribution is -2.47. The molecule has 0 spiro atoms. The first kappa shape index (κ1) is 13.9. The summed E-state index contributed by atoms with van der Waals surface area (Å²) in [6.07, 6.45) is 1.99. The molecule has 0 amide bonds. The first-order chi connectivity index (χ1) is 7.13. The Balaban J connectivity index is 2.59. The Morgan fingerprint density at radius 1 is 1.38 bits per heavy atom. The van der Waals surface area contributed by atoms with Crippen LogP contribution in [-0.4, -0.2) is 20.5 Å². The van der Waals surface area contributed by atoms with Crippen LogP contribution >= 0.6 is 0 Å². The Morgan fingerprint density at radius 2 is 1.94 bits per heavy atom. The molecule has 2 atom stereocenters. The highest BCUT2D eigenvalue weighted by molar-refractivity contribution is 6.74. The average molecular weight is 241 g/mol. The van der Waals surface area contributed by atoms with Gasteiger partial charge < -0.3 is 9.53 Å². The molecule has 0 aromatic heterocycles. The first-order valence-corrected chi connectivity index (χ1v) is 9.05. The third kappa shape index (κ3) is 3.19. The fraction of sp³-hybridized carbons (Fsp3) is 0.846. The fourth-order valence-electron chi connectivity index (χ4n) is 1.73. The van der Waals surface area contributed by atoms with E-state index in [-0.39, 0.29) is 11.1 Å². The molecule has 0 N–H and O–H groups in total. The van der Waals surface area contributed by atoms with Crippen LogP contribution in [-0.2, 0) is 4.43 Å². The summed E-state index contributed by atoms with van der Waals surface area (Å²) in [5, 5.41) is 11.9. The second kappa shape index (κ2) is 4.63. The molecule has 1 saturated carbocycles. The largest absolute Gasteiger partial charge is 0.849 e. The van der Waals surface area contributed by atoms with E-state index in [2.05, 4.69) is 40.4 Å². The third-order valence-electron chi connectivity index (χ3n) is 3.99. The number of hydrogen-bond donors (Lipinski definition) is 0. The fourth-order valence-corrected chi connectivity index (χ4v) is 3.13. The number of rotatable bonds is 2. The smallest absolute Gasteiger partial charge is 0.192 e. The monoisotopic (exact) mass is 241 g/mol. The van der Waals surface area contributed by atoms with Crippen LogP contribution in [0.5, 0.6) is 0 Å². The van der Waals surface area contributed by atoms with E-state index < -0.39 is 14.4 Å². The van der Waals surface area contributed by atoms with E-state index in [0.717, 1.165) is 18.4 Å². The molecule has 0 aliphatic heterocycles. The molecule has 0 aromatic carbocycles. The topological polar surface area (TPSA) is 32.3 Å². The van der Waals surface area contributed by atoms with Crippen molar-refractivity contribution in [3.8, 4) is 0 Å². The van der Waals surface area contributed by atoms with Gasteiger partial charge in [0.15, 0.2) is 8.32 Å². The Hall–Kier alpha value is -0.123. The van der Waals surface area contributed by atoms with Crippen molar-refractivity contribution in [1.82, 2.24) is 0 Å². The van der Waals surface area contributed by atoms with E-state index >= 15 is 0 Å².